The Labute approximate surface area is 83.0 Å². The molecule has 14 heavy (non-hydrogen) atoms. The Hall–Kier alpha value is -1.11. The van der Waals surface area contributed by atoms with Crippen molar-refractivity contribution in [1.82, 2.24) is 4.31 Å². The van der Waals surface area contributed by atoms with Gasteiger partial charge >= 0.3 is 10.2 Å². The van der Waals surface area contributed by atoms with Crippen molar-refractivity contribution in [3.8, 4) is 0 Å². The fourth-order valence-electron chi connectivity index (χ4n) is 1.14. The van der Waals surface area contributed by atoms with Gasteiger partial charge in [-0.3, -0.25) is 4.79 Å². The number of unbranched alkanes of at least 4 members (excludes halogenated alkanes) is 1. The maximum absolute atomic E-state index is 11.3. The second-order valence-corrected chi connectivity index (χ2v) is 4.58. The summed E-state index contributed by atoms with van der Waals surface area (Å²) >= 11 is 0. The lowest BCUT2D eigenvalue weighted by atomic mass is 10.3. The summed E-state index contributed by atoms with van der Waals surface area (Å²) in [5, 5.41) is 0. The maximum atomic E-state index is 11.3. The molecule has 0 aromatic rings. The van der Waals surface area contributed by atoms with Crippen molar-refractivity contribution in [1.29, 1.82) is 0 Å². The number of carbonyl (C=O) groups is 1. The summed E-state index contributed by atoms with van der Waals surface area (Å²) in [4.78, 5) is 11.3. The van der Waals surface area contributed by atoms with Crippen molar-refractivity contribution < 1.29 is 13.2 Å². The summed E-state index contributed by atoms with van der Waals surface area (Å²) in [5.74, 6) is -0.631. The van der Waals surface area contributed by atoms with Crippen molar-refractivity contribution in [2.24, 2.45) is 10.1 Å². The van der Waals surface area contributed by atoms with Crippen molar-refractivity contribution in [2.45, 2.75) is 26.2 Å². The molecule has 0 bridgehead atoms. The topological polar surface area (TPSA) is 92.8 Å². The van der Waals surface area contributed by atoms with Crippen LogP contribution in [0.3, 0.4) is 0 Å². The summed E-state index contributed by atoms with van der Waals surface area (Å²) in [6, 6.07) is 0. The van der Waals surface area contributed by atoms with E-state index in [1.807, 2.05) is 6.92 Å². The van der Waals surface area contributed by atoms with Gasteiger partial charge in [-0.05, 0) is 6.42 Å². The van der Waals surface area contributed by atoms with E-state index in [1.54, 1.807) is 0 Å². The number of nitrogens with two attached hydrogens (primary N) is 1. The standard InChI is InChI=1S/C7H13N3O3S/c1-2-3-4-10-7(11)5-6(8)9-14(10,12)13/h2-5H2,1H3,(H2,8,9). The third-order valence-corrected chi connectivity index (χ3v) is 3.24. The Morgan fingerprint density at radius 2 is 2.21 bits per heavy atom. The molecule has 0 saturated heterocycles. The summed E-state index contributed by atoms with van der Waals surface area (Å²) in [7, 11) is -3.85. The van der Waals surface area contributed by atoms with Crippen LogP contribution in [0.1, 0.15) is 26.2 Å². The van der Waals surface area contributed by atoms with Crippen LogP contribution in [-0.4, -0.2) is 31.0 Å². The number of nitrogens with zero attached hydrogens (tertiary/aromatic N) is 2. The first-order valence-electron chi connectivity index (χ1n) is 4.37. The summed E-state index contributed by atoms with van der Waals surface area (Å²) < 4.78 is 26.7. The Bertz CT molecular complexity index is 360. The molecule has 0 aromatic carbocycles. The summed E-state index contributed by atoms with van der Waals surface area (Å²) in [6.07, 6.45) is 1.35. The highest BCUT2D eigenvalue weighted by molar-refractivity contribution is 7.88. The van der Waals surface area contributed by atoms with Crippen LogP contribution in [0.25, 0.3) is 0 Å². The van der Waals surface area contributed by atoms with Crippen molar-refractivity contribution in [3.63, 3.8) is 0 Å². The van der Waals surface area contributed by atoms with Crippen molar-refractivity contribution >= 4 is 22.0 Å². The number of amidine groups is 1. The Balaban J connectivity index is 2.89. The molecule has 1 heterocycles. The highest BCUT2D eigenvalue weighted by Crippen LogP contribution is 2.13. The maximum Gasteiger partial charge on any atom is 0.348 e. The van der Waals surface area contributed by atoms with E-state index in [2.05, 4.69) is 4.40 Å². The number of hydrogen-bond donors (Lipinski definition) is 1. The molecular formula is C7H13N3O3S. The minimum absolute atomic E-state index is 0.108. The molecule has 0 fully saturated rings. The first-order valence-corrected chi connectivity index (χ1v) is 5.77. The molecule has 0 radical (unpaired) electrons. The van der Waals surface area contributed by atoms with Crippen LogP contribution in [0.2, 0.25) is 0 Å². The molecule has 0 unspecified atom stereocenters. The Kier molecular flexibility index (Phi) is 3.10. The number of carbonyl (C=O) groups excluding carboxylic acids is 1. The third-order valence-electron chi connectivity index (χ3n) is 1.84. The average molecular weight is 219 g/mol. The second kappa shape index (κ2) is 3.95. The lowest BCUT2D eigenvalue weighted by Crippen LogP contribution is -2.43. The first kappa shape index (κ1) is 11.0. The van der Waals surface area contributed by atoms with Gasteiger partial charge in [-0.1, -0.05) is 13.3 Å². The molecule has 1 aliphatic heterocycles. The molecular weight excluding hydrogens is 206 g/mol. The number of rotatable bonds is 3. The van der Waals surface area contributed by atoms with E-state index in [9.17, 15) is 13.2 Å². The molecule has 1 aliphatic rings. The Morgan fingerprint density at radius 1 is 1.57 bits per heavy atom. The minimum Gasteiger partial charge on any atom is -0.386 e. The zero-order valence-corrected chi connectivity index (χ0v) is 8.75. The van der Waals surface area contributed by atoms with Crippen LogP contribution in [0, 0.1) is 0 Å². The van der Waals surface area contributed by atoms with Gasteiger partial charge in [0.05, 0.1) is 6.42 Å². The van der Waals surface area contributed by atoms with E-state index in [4.69, 9.17) is 5.73 Å². The molecule has 0 atom stereocenters. The van der Waals surface area contributed by atoms with Crippen LogP contribution in [0.4, 0.5) is 0 Å². The normalized spacial score (nSPS) is 20.8. The smallest absolute Gasteiger partial charge is 0.348 e. The molecule has 1 rings (SSSR count). The van der Waals surface area contributed by atoms with Crippen LogP contribution in [0.5, 0.6) is 0 Å². The molecule has 2 N–H and O–H groups in total. The SMILES string of the molecule is CCCCN1C(=O)CC(N)=NS1(=O)=O. The molecule has 1 amide bonds. The third kappa shape index (κ3) is 2.22. The highest BCUT2D eigenvalue weighted by atomic mass is 32.2. The van der Waals surface area contributed by atoms with Gasteiger partial charge in [0.1, 0.15) is 5.84 Å². The van der Waals surface area contributed by atoms with Crippen LogP contribution >= 0.6 is 0 Å². The second-order valence-electron chi connectivity index (χ2n) is 3.06. The lowest BCUT2D eigenvalue weighted by Gasteiger charge is -2.22. The number of hydrogen-bond acceptors (Lipinski definition) is 4. The molecule has 0 aromatic heterocycles. The van der Waals surface area contributed by atoms with E-state index in [1.165, 1.54) is 0 Å². The zero-order valence-electron chi connectivity index (χ0n) is 7.93. The Morgan fingerprint density at radius 3 is 2.71 bits per heavy atom. The highest BCUT2D eigenvalue weighted by Gasteiger charge is 2.31. The molecule has 7 heteroatoms. The van der Waals surface area contributed by atoms with Gasteiger partial charge in [-0.2, -0.15) is 8.42 Å². The van der Waals surface area contributed by atoms with Crippen molar-refractivity contribution in [3.05, 3.63) is 0 Å². The predicted molar refractivity (Wildman–Crippen MR) is 51.8 cm³/mol. The number of amides is 1. The summed E-state index contributed by atoms with van der Waals surface area (Å²) in [6.45, 7) is 2.10. The van der Waals surface area contributed by atoms with Gasteiger partial charge in [0.2, 0.25) is 5.91 Å². The van der Waals surface area contributed by atoms with E-state index >= 15 is 0 Å². The average Bonchev–Trinajstić information content (AvgIpc) is 2.00. The van der Waals surface area contributed by atoms with Gasteiger partial charge in [0, 0.05) is 6.54 Å². The van der Waals surface area contributed by atoms with Gasteiger partial charge in [-0.15, -0.1) is 4.40 Å². The van der Waals surface area contributed by atoms with Crippen LogP contribution < -0.4 is 5.73 Å². The molecule has 0 aliphatic carbocycles. The van der Waals surface area contributed by atoms with Crippen molar-refractivity contribution in [2.75, 3.05) is 6.54 Å². The van der Waals surface area contributed by atoms with Gasteiger partial charge in [-0.25, -0.2) is 4.31 Å². The van der Waals surface area contributed by atoms with Crippen LogP contribution in [0.15, 0.2) is 4.40 Å². The quantitative estimate of drug-likeness (QED) is 0.700. The van der Waals surface area contributed by atoms with Gasteiger partial charge in [0.25, 0.3) is 0 Å². The van der Waals surface area contributed by atoms with E-state index in [0.29, 0.717) is 6.42 Å². The molecule has 6 nitrogen and oxygen atoms in total. The molecule has 0 spiro atoms. The molecule has 0 saturated carbocycles. The molecule has 80 valence electrons. The first-order chi connectivity index (χ1) is 6.47. The fraction of sp³-hybridized carbons (Fsp3) is 0.714. The van der Waals surface area contributed by atoms with Gasteiger partial charge < -0.3 is 5.73 Å². The monoisotopic (exact) mass is 219 g/mol. The minimum atomic E-state index is -3.85. The summed E-state index contributed by atoms with van der Waals surface area (Å²) in [5.41, 5.74) is 5.21. The fourth-order valence-corrected chi connectivity index (χ4v) is 2.28. The van der Waals surface area contributed by atoms with Crippen LogP contribution in [-0.2, 0) is 15.0 Å². The van der Waals surface area contributed by atoms with E-state index < -0.39 is 16.1 Å². The van der Waals surface area contributed by atoms with E-state index in [-0.39, 0.29) is 18.8 Å². The van der Waals surface area contributed by atoms with Gasteiger partial charge in [0.15, 0.2) is 0 Å². The zero-order chi connectivity index (χ0) is 10.8. The van der Waals surface area contributed by atoms with E-state index in [0.717, 1.165) is 10.7 Å². The largest absolute Gasteiger partial charge is 0.386 e. The lowest BCUT2D eigenvalue weighted by molar-refractivity contribution is -0.125. The predicted octanol–water partition coefficient (Wildman–Crippen LogP) is -0.379.